The molecule has 0 fully saturated rings. The number of thiazole rings is 1. The van der Waals surface area contributed by atoms with Gasteiger partial charge in [-0.15, -0.1) is 6.58 Å². The summed E-state index contributed by atoms with van der Waals surface area (Å²) in [5.41, 5.74) is 5.29. The third-order valence-electron chi connectivity index (χ3n) is 7.57. The van der Waals surface area contributed by atoms with Crippen molar-refractivity contribution in [2.75, 3.05) is 12.4 Å². The minimum Gasteiger partial charge on any atom is -0.497 e. The lowest BCUT2D eigenvalue weighted by Crippen LogP contribution is -2.40. The number of hydrogen-bond donors (Lipinski definition) is 1. The number of anilines is 1. The van der Waals surface area contributed by atoms with E-state index in [-0.39, 0.29) is 11.5 Å². The number of nitrogens with one attached hydrogen (secondary N) is 1. The Morgan fingerprint density at radius 2 is 1.83 bits per heavy atom. The van der Waals surface area contributed by atoms with Crippen LogP contribution in [0.25, 0.3) is 17.0 Å². The first-order chi connectivity index (χ1) is 20.4. The number of hydrogen-bond acceptors (Lipinski definition) is 5. The molecule has 7 nitrogen and oxygen atoms in total. The lowest BCUT2D eigenvalue weighted by atomic mass is 9.95. The summed E-state index contributed by atoms with van der Waals surface area (Å²) in [7, 11) is 1.60. The largest absolute Gasteiger partial charge is 0.497 e. The molecule has 3 heterocycles. The molecule has 42 heavy (non-hydrogen) atoms. The van der Waals surface area contributed by atoms with Gasteiger partial charge in [0.05, 0.1) is 29.0 Å². The van der Waals surface area contributed by atoms with E-state index in [2.05, 4.69) is 35.5 Å². The molecule has 1 atom stereocenters. The smallest absolute Gasteiger partial charge is 0.271 e. The zero-order valence-corrected chi connectivity index (χ0v) is 24.4. The second kappa shape index (κ2) is 11.1. The van der Waals surface area contributed by atoms with Gasteiger partial charge in [-0.3, -0.25) is 14.2 Å². The molecule has 0 radical (unpaired) electrons. The molecule has 6 rings (SSSR count). The number of amides is 1. The minimum absolute atomic E-state index is 0.205. The summed E-state index contributed by atoms with van der Waals surface area (Å²) in [6.45, 7) is 8.46. The molecule has 1 amide bonds. The van der Waals surface area contributed by atoms with Crippen LogP contribution in [0.15, 0.2) is 113 Å². The van der Waals surface area contributed by atoms with Gasteiger partial charge in [-0.1, -0.05) is 65.9 Å². The fourth-order valence-electron chi connectivity index (χ4n) is 5.59. The Morgan fingerprint density at radius 3 is 2.60 bits per heavy atom. The number of aromatic nitrogens is 2. The molecule has 0 saturated heterocycles. The van der Waals surface area contributed by atoms with Crippen molar-refractivity contribution < 1.29 is 9.53 Å². The number of ether oxygens (including phenoxy) is 1. The molecule has 1 aliphatic heterocycles. The minimum atomic E-state index is -0.689. The van der Waals surface area contributed by atoms with Crippen molar-refractivity contribution in [2.45, 2.75) is 26.4 Å². The molecular weight excluding hydrogens is 544 g/mol. The maximum Gasteiger partial charge on any atom is 0.271 e. The maximum atomic E-state index is 14.2. The van der Waals surface area contributed by atoms with Crippen molar-refractivity contribution in [1.82, 2.24) is 9.13 Å². The van der Waals surface area contributed by atoms with Crippen LogP contribution in [0, 0.1) is 6.92 Å². The number of para-hydroxylation sites is 2. The average molecular weight is 575 g/mol. The Bertz CT molecular complexity index is 2070. The van der Waals surface area contributed by atoms with Crippen LogP contribution in [0.5, 0.6) is 5.75 Å². The summed E-state index contributed by atoms with van der Waals surface area (Å²) in [5, 5.41) is 4.05. The highest BCUT2D eigenvalue weighted by Crippen LogP contribution is 2.32. The number of rotatable bonds is 7. The molecule has 1 unspecified atom stereocenters. The molecule has 1 N–H and O–H groups in total. The van der Waals surface area contributed by atoms with E-state index in [4.69, 9.17) is 9.73 Å². The first kappa shape index (κ1) is 27.2. The third kappa shape index (κ3) is 4.69. The van der Waals surface area contributed by atoms with Crippen molar-refractivity contribution in [3.63, 3.8) is 0 Å². The van der Waals surface area contributed by atoms with Crippen molar-refractivity contribution in [3.05, 3.63) is 139 Å². The Morgan fingerprint density at radius 1 is 1.07 bits per heavy atom. The Balaban J connectivity index is 1.56. The van der Waals surface area contributed by atoms with Gasteiger partial charge < -0.3 is 14.6 Å². The normalized spacial score (nSPS) is 14.9. The Hall–Kier alpha value is -4.95. The molecule has 0 saturated carbocycles. The summed E-state index contributed by atoms with van der Waals surface area (Å²) >= 11 is 1.33. The van der Waals surface area contributed by atoms with Crippen molar-refractivity contribution >= 4 is 39.9 Å². The van der Waals surface area contributed by atoms with Crippen LogP contribution in [0.3, 0.4) is 0 Å². The first-order valence-electron chi connectivity index (χ1n) is 13.6. The zero-order valence-electron chi connectivity index (χ0n) is 23.6. The highest BCUT2D eigenvalue weighted by atomic mass is 32.1. The van der Waals surface area contributed by atoms with Crippen molar-refractivity contribution in [3.8, 4) is 5.75 Å². The molecule has 1 aliphatic rings. The number of carbonyl (C=O) groups is 1. The molecule has 5 aromatic rings. The van der Waals surface area contributed by atoms with Crippen LogP contribution in [0.2, 0.25) is 0 Å². The van der Waals surface area contributed by atoms with Crippen LogP contribution in [-0.2, 0) is 11.3 Å². The van der Waals surface area contributed by atoms with Gasteiger partial charge in [0.15, 0.2) is 4.80 Å². The molecular formula is C34H30N4O3S. The molecule has 0 spiro atoms. The molecule has 2 aromatic heterocycles. The maximum absolute atomic E-state index is 14.2. The van der Waals surface area contributed by atoms with Gasteiger partial charge >= 0.3 is 0 Å². The molecule has 0 bridgehead atoms. The van der Waals surface area contributed by atoms with E-state index in [0.717, 1.165) is 27.7 Å². The summed E-state index contributed by atoms with van der Waals surface area (Å²) in [4.78, 5) is 33.4. The van der Waals surface area contributed by atoms with E-state index in [1.54, 1.807) is 11.7 Å². The third-order valence-corrected chi connectivity index (χ3v) is 8.56. The lowest BCUT2D eigenvalue weighted by Gasteiger charge is -2.25. The van der Waals surface area contributed by atoms with E-state index in [1.165, 1.54) is 11.3 Å². The Kier molecular flexibility index (Phi) is 7.22. The summed E-state index contributed by atoms with van der Waals surface area (Å²) in [6.07, 6.45) is 3.82. The first-order valence-corrected chi connectivity index (χ1v) is 14.4. The van der Waals surface area contributed by atoms with Crippen LogP contribution in [0.1, 0.15) is 29.8 Å². The fourth-order valence-corrected chi connectivity index (χ4v) is 6.62. The highest BCUT2D eigenvalue weighted by Gasteiger charge is 2.33. The van der Waals surface area contributed by atoms with E-state index in [9.17, 15) is 9.59 Å². The van der Waals surface area contributed by atoms with Gasteiger partial charge in [-0.2, -0.15) is 0 Å². The highest BCUT2D eigenvalue weighted by molar-refractivity contribution is 7.07. The van der Waals surface area contributed by atoms with Crippen LogP contribution in [-0.4, -0.2) is 22.2 Å². The molecule has 0 aliphatic carbocycles. The zero-order chi connectivity index (χ0) is 29.4. The fraction of sp³-hybridized carbons (Fsp3) is 0.147. The van der Waals surface area contributed by atoms with Gasteiger partial charge in [0.25, 0.3) is 11.5 Å². The van der Waals surface area contributed by atoms with Gasteiger partial charge in [-0.05, 0) is 55.8 Å². The number of carbonyl (C=O) groups excluding carboxylic acids is 1. The average Bonchev–Trinajstić information content (AvgIpc) is 3.45. The van der Waals surface area contributed by atoms with Gasteiger partial charge in [0.2, 0.25) is 0 Å². The lowest BCUT2D eigenvalue weighted by molar-refractivity contribution is -0.113. The van der Waals surface area contributed by atoms with Gasteiger partial charge in [0.1, 0.15) is 5.75 Å². The number of fused-ring (bicyclic) bond motifs is 2. The number of benzene rings is 3. The molecule has 3 aromatic carbocycles. The number of allylic oxidation sites excluding steroid dienone is 2. The Labute approximate surface area is 247 Å². The second-order valence-electron chi connectivity index (χ2n) is 10.1. The van der Waals surface area contributed by atoms with E-state index >= 15 is 0 Å². The molecule has 8 heteroatoms. The monoisotopic (exact) mass is 574 g/mol. The molecule has 210 valence electrons. The van der Waals surface area contributed by atoms with E-state index < -0.39 is 6.04 Å². The summed E-state index contributed by atoms with van der Waals surface area (Å²) in [5.74, 6) is 0.325. The second-order valence-corrected chi connectivity index (χ2v) is 11.1. The summed E-state index contributed by atoms with van der Waals surface area (Å²) < 4.78 is 9.88. The van der Waals surface area contributed by atoms with Crippen molar-refractivity contribution in [2.24, 2.45) is 4.99 Å². The van der Waals surface area contributed by atoms with E-state index in [0.29, 0.717) is 38.6 Å². The van der Waals surface area contributed by atoms with Crippen molar-refractivity contribution in [1.29, 1.82) is 0 Å². The van der Waals surface area contributed by atoms with Gasteiger partial charge in [-0.25, -0.2) is 4.99 Å². The van der Waals surface area contributed by atoms with Gasteiger partial charge in [0, 0.05) is 34.4 Å². The predicted molar refractivity (Wildman–Crippen MR) is 169 cm³/mol. The standard InChI is InChI=1S/C34H30N4O3S/c1-5-18-37-22(3)27(26-16-9-10-17-28(26)37)20-29-33(40)38-31(23-12-11-15-25(19-23)41-4)30(21(2)35-34(38)42-29)32(39)36-24-13-7-6-8-14-24/h5-17,19-20,31H,1,18H2,2-4H3,(H,36,39)/b29-20+. The predicted octanol–water partition coefficient (Wildman–Crippen LogP) is 5.33. The van der Waals surface area contributed by atoms with Crippen LogP contribution < -0.4 is 24.9 Å². The quantitative estimate of drug-likeness (QED) is 0.267. The van der Waals surface area contributed by atoms with Crippen LogP contribution in [0.4, 0.5) is 5.69 Å². The number of methoxy groups -OCH3 is 1. The van der Waals surface area contributed by atoms with Crippen LogP contribution >= 0.6 is 11.3 Å². The SMILES string of the molecule is C=CCn1c(C)c(/C=c2/sc3n(c2=O)C(c2cccc(OC)c2)C(C(=O)Nc2ccccc2)=C(C)N=3)c2ccccc21. The number of nitrogens with zero attached hydrogens (tertiary/aromatic N) is 3. The van der Waals surface area contributed by atoms with E-state index in [1.807, 2.05) is 85.8 Å². The summed E-state index contributed by atoms with van der Waals surface area (Å²) in [6, 6.07) is 24.2. The topological polar surface area (TPSA) is 77.6 Å².